The molecule has 128 valence electrons. The maximum absolute atomic E-state index is 12.8. The number of carbonyl (C=O) groups excluding carboxylic acids is 1. The molecule has 0 N–H and O–H groups in total. The number of amides is 1. The van der Waals surface area contributed by atoms with Crippen molar-refractivity contribution < 1.29 is 4.79 Å². The van der Waals surface area contributed by atoms with Gasteiger partial charge in [0.15, 0.2) is 5.82 Å². The summed E-state index contributed by atoms with van der Waals surface area (Å²) in [6.45, 7) is 3.48. The van der Waals surface area contributed by atoms with Gasteiger partial charge in [-0.15, -0.1) is 5.10 Å². The Hall–Kier alpha value is -2.47. The molecule has 0 saturated carbocycles. The monoisotopic (exact) mass is 355 g/mol. The lowest BCUT2D eigenvalue weighted by Gasteiger charge is -2.27. The number of rotatable bonds is 2. The molecule has 25 heavy (non-hydrogen) atoms. The molecule has 2 aromatic heterocycles. The van der Waals surface area contributed by atoms with Crippen LogP contribution in [0.3, 0.4) is 0 Å². The van der Waals surface area contributed by atoms with Crippen molar-refractivity contribution in [2.24, 2.45) is 0 Å². The maximum Gasteiger partial charge on any atom is 0.257 e. The highest BCUT2D eigenvalue weighted by atomic mass is 35.5. The van der Waals surface area contributed by atoms with Gasteiger partial charge in [-0.2, -0.15) is 4.98 Å². The lowest BCUT2D eigenvalue weighted by atomic mass is 10.1. The van der Waals surface area contributed by atoms with Gasteiger partial charge < -0.3 is 4.90 Å². The fourth-order valence-electron chi connectivity index (χ4n) is 3.18. The molecule has 1 amide bonds. The summed E-state index contributed by atoms with van der Waals surface area (Å²) in [5.41, 5.74) is 2.06. The summed E-state index contributed by atoms with van der Waals surface area (Å²) in [7, 11) is 0. The molecule has 0 aliphatic carbocycles. The molecule has 3 heterocycles. The fourth-order valence-corrected chi connectivity index (χ4v) is 3.40. The van der Waals surface area contributed by atoms with Gasteiger partial charge in [0, 0.05) is 24.8 Å². The van der Waals surface area contributed by atoms with E-state index in [1.807, 2.05) is 30.0 Å². The molecular weight excluding hydrogens is 338 g/mol. The summed E-state index contributed by atoms with van der Waals surface area (Å²) < 4.78 is 1.62. The van der Waals surface area contributed by atoms with Crippen LogP contribution >= 0.6 is 11.6 Å². The van der Waals surface area contributed by atoms with Crippen molar-refractivity contribution in [3.05, 3.63) is 46.7 Å². The quantitative estimate of drug-likeness (QED) is 0.707. The number of benzene rings is 1. The second kappa shape index (κ2) is 6.44. The van der Waals surface area contributed by atoms with Crippen molar-refractivity contribution >= 4 is 23.3 Å². The van der Waals surface area contributed by atoms with Crippen molar-refractivity contribution in [2.45, 2.75) is 26.2 Å². The van der Waals surface area contributed by atoms with E-state index in [1.165, 1.54) is 6.42 Å². The Balaban J connectivity index is 1.75. The second-order valence-corrected chi connectivity index (χ2v) is 6.64. The third-order valence-electron chi connectivity index (χ3n) is 4.60. The number of piperidine rings is 1. The van der Waals surface area contributed by atoms with E-state index in [4.69, 9.17) is 11.6 Å². The van der Waals surface area contributed by atoms with Crippen LogP contribution < -0.4 is 0 Å². The lowest BCUT2D eigenvalue weighted by Crippen LogP contribution is -2.36. The summed E-state index contributed by atoms with van der Waals surface area (Å²) in [4.78, 5) is 23.5. The molecule has 1 fully saturated rings. The van der Waals surface area contributed by atoms with Crippen LogP contribution in [0.4, 0.5) is 0 Å². The molecular formula is C18H18ClN5O. The molecule has 7 heteroatoms. The van der Waals surface area contributed by atoms with Gasteiger partial charge in [-0.05, 0) is 38.3 Å². The van der Waals surface area contributed by atoms with E-state index in [2.05, 4.69) is 15.1 Å². The van der Waals surface area contributed by atoms with Gasteiger partial charge >= 0.3 is 0 Å². The molecule has 0 unspecified atom stereocenters. The molecule has 4 rings (SSSR count). The number of hydrogen-bond donors (Lipinski definition) is 0. The van der Waals surface area contributed by atoms with Gasteiger partial charge in [0.1, 0.15) is 0 Å². The van der Waals surface area contributed by atoms with Gasteiger partial charge in [-0.3, -0.25) is 4.79 Å². The van der Waals surface area contributed by atoms with E-state index in [1.54, 1.807) is 16.8 Å². The average Bonchev–Trinajstić information content (AvgIpc) is 3.07. The number of likely N-dealkylation sites (tertiary alicyclic amines) is 1. The Labute approximate surface area is 150 Å². The molecule has 1 saturated heterocycles. The van der Waals surface area contributed by atoms with E-state index in [0.717, 1.165) is 37.2 Å². The largest absolute Gasteiger partial charge is 0.339 e. The minimum absolute atomic E-state index is 0.0152. The first-order valence-electron chi connectivity index (χ1n) is 8.42. The zero-order valence-corrected chi connectivity index (χ0v) is 14.7. The molecule has 3 aromatic rings. The van der Waals surface area contributed by atoms with Crippen LogP contribution in [0.15, 0.2) is 30.5 Å². The number of carbonyl (C=O) groups is 1. The van der Waals surface area contributed by atoms with E-state index in [9.17, 15) is 4.79 Å². The van der Waals surface area contributed by atoms with Crippen LogP contribution in [0.1, 0.15) is 35.3 Å². The van der Waals surface area contributed by atoms with E-state index < -0.39 is 0 Å². The Morgan fingerprint density at radius 3 is 2.68 bits per heavy atom. The minimum atomic E-state index is 0.0152. The number of nitrogens with zero attached hydrogens (tertiary/aromatic N) is 5. The van der Waals surface area contributed by atoms with Crippen LogP contribution in [0.25, 0.3) is 17.2 Å². The normalized spacial score (nSPS) is 14.9. The molecule has 6 nitrogen and oxygen atoms in total. The minimum Gasteiger partial charge on any atom is -0.339 e. The Morgan fingerprint density at radius 2 is 1.92 bits per heavy atom. The molecule has 1 aliphatic heterocycles. The highest BCUT2D eigenvalue weighted by Gasteiger charge is 2.22. The number of hydrogen-bond acceptors (Lipinski definition) is 4. The zero-order chi connectivity index (χ0) is 17.4. The number of fused-ring (bicyclic) bond motifs is 1. The molecule has 0 spiro atoms. The first-order chi connectivity index (χ1) is 12.1. The van der Waals surface area contributed by atoms with Crippen LogP contribution in [0.2, 0.25) is 5.02 Å². The van der Waals surface area contributed by atoms with Crippen molar-refractivity contribution in [1.82, 2.24) is 24.5 Å². The zero-order valence-electron chi connectivity index (χ0n) is 13.9. The summed E-state index contributed by atoms with van der Waals surface area (Å²) in [5.74, 6) is 0.979. The summed E-state index contributed by atoms with van der Waals surface area (Å²) >= 11 is 6.24. The maximum atomic E-state index is 12.8. The van der Waals surface area contributed by atoms with Crippen molar-refractivity contribution in [3.63, 3.8) is 0 Å². The lowest BCUT2D eigenvalue weighted by molar-refractivity contribution is 0.0722. The van der Waals surface area contributed by atoms with Gasteiger partial charge in [0.05, 0.1) is 16.3 Å². The Bertz CT molecular complexity index is 946. The van der Waals surface area contributed by atoms with Crippen molar-refractivity contribution in [3.8, 4) is 11.4 Å². The number of aryl methyl sites for hydroxylation is 1. The highest BCUT2D eigenvalue weighted by molar-refractivity contribution is 6.33. The predicted molar refractivity (Wildman–Crippen MR) is 95.7 cm³/mol. The Kier molecular flexibility index (Phi) is 4.13. The smallest absolute Gasteiger partial charge is 0.257 e. The van der Waals surface area contributed by atoms with Gasteiger partial charge in [-0.1, -0.05) is 23.7 Å². The molecule has 1 aliphatic rings. The molecule has 0 bridgehead atoms. The fraction of sp³-hybridized carbons (Fsp3) is 0.333. The Morgan fingerprint density at radius 1 is 1.16 bits per heavy atom. The summed E-state index contributed by atoms with van der Waals surface area (Å²) in [5, 5.41) is 5.10. The highest BCUT2D eigenvalue weighted by Crippen LogP contribution is 2.25. The van der Waals surface area contributed by atoms with Crippen LogP contribution in [0, 0.1) is 6.92 Å². The SMILES string of the molecule is Cc1c(C(=O)N2CCCCC2)cnc2nc(-c3ccccc3Cl)nn12. The second-order valence-electron chi connectivity index (χ2n) is 6.24. The van der Waals surface area contributed by atoms with Crippen LogP contribution in [-0.2, 0) is 0 Å². The van der Waals surface area contributed by atoms with Crippen LogP contribution in [-0.4, -0.2) is 43.5 Å². The van der Waals surface area contributed by atoms with E-state index >= 15 is 0 Å². The predicted octanol–water partition coefficient (Wildman–Crippen LogP) is 3.38. The molecule has 0 atom stereocenters. The summed E-state index contributed by atoms with van der Waals surface area (Å²) in [6, 6.07) is 7.42. The third-order valence-corrected chi connectivity index (χ3v) is 4.92. The average molecular weight is 356 g/mol. The van der Waals surface area contributed by atoms with Crippen molar-refractivity contribution in [1.29, 1.82) is 0 Å². The number of halogens is 1. The van der Waals surface area contributed by atoms with Crippen LogP contribution in [0.5, 0.6) is 0 Å². The van der Waals surface area contributed by atoms with Crippen molar-refractivity contribution in [2.75, 3.05) is 13.1 Å². The van der Waals surface area contributed by atoms with E-state index in [0.29, 0.717) is 22.2 Å². The van der Waals surface area contributed by atoms with Gasteiger partial charge in [-0.25, -0.2) is 9.50 Å². The number of aromatic nitrogens is 4. The third kappa shape index (κ3) is 2.87. The first-order valence-corrected chi connectivity index (χ1v) is 8.79. The molecule has 1 aromatic carbocycles. The van der Waals surface area contributed by atoms with Gasteiger partial charge in [0.2, 0.25) is 0 Å². The standard InChI is InChI=1S/C18H18ClN5O/c1-12-14(17(25)23-9-5-2-6-10-23)11-20-18-21-16(22-24(12)18)13-7-3-4-8-15(13)19/h3-4,7-8,11H,2,5-6,9-10H2,1H3. The van der Waals surface area contributed by atoms with Gasteiger partial charge in [0.25, 0.3) is 11.7 Å². The van der Waals surface area contributed by atoms with E-state index in [-0.39, 0.29) is 5.91 Å². The topological polar surface area (TPSA) is 63.4 Å². The molecule has 0 radical (unpaired) electrons. The summed E-state index contributed by atoms with van der Waals surface area (Å²) in [6.07, 6.45) is 4.90. The first kappa shape index (κ1) is 16.0.